The van der Waals surface area contributed by atoms with Gasteiger partial charge in [-0.25, -0.2) is 8.42 Å². The molecule has 0 saturated carbocycles. The van der Waals surface area contributed by atoms with E-state index in [0.29, 0.717) is 0 Å². The van der Waals surface area contributed by atoms with Crippen LogP contribution >= 0.6 is 0 Å². The third-order valence-electron chi connectivity index (χ3n) is 2.64. The summed E-state index contributed by atoms with van der Waals surface area (Å²) in [6.45, 7) is 3.71. The van der Waals surface area contributed by atoms with Gasteiger partial charge in [0, 0.05) is 0 Å². The van der Waals surface area contributed by atoms with Crippen molar-refractivity contribution >= 4 is 15.8 Å². The lowest BCUT2D eigenvalue weighted by molar-refractivity contribution is -0.136. The molecule has 0 aromatic heterocycles. The number of carboxylic acid groups (broad SMARTS) is 1. The molecule has 17 heavy (non-hydrogen) atoms. The first-order valence-corrected chi connectivity index (χ1v) is 7.11. The monoisotopic (exact) mass is 256 g/mol. The van der Waals surface area contributed by atoms with Crippen molar-refractivity contribution in [1.82, 2.24) is 0 Å². The Hall–Kier alpha value is -1.36. The van der Waals surface area contributed by atoms with Crippen LogP contribution < -0.4 is 0 Å². The summed E-state index contributed by atoms with van der Waals surface area (Å²) in [6, 6.07) is 5.59. The lowest BCUT2D eigenvalue weighted by atomic mass is 10.1. The van der Waals surface area contributed by atoms with Crippen molar-refractivity contribution in [3.63, 3.8) is 0 Å². The van der Waals surface area contributed by atoms with Gasteiger partial charge in [-0.1, -0.05) is 18.2 Å². The van der Waals surface area contributed by atoms with Crippen LogP contribution in [-0.2, 0) is 20.4 Å². The van der Waals surface area contributed by atoms with Crippen molar-refractivity contribution in [3.8, 4) is 0 Å². The predicted molar refractivity (Wildman–Crippen MR) is 65.7 cm³/mol. The quantitative estimate of drug-likeness (QED) is 0.870. The average Bonchev–Trinajstić information content (AvgIpc) is 2.21. The van der Waals surface area contributed by atoms with Gasteiger partial charge < -0.3 is 5.11 Å². The number of carboxylic acids is 1. The number of rotatable bonds is 5. The Labute approximate surface area is 101 Å². The van der Waals surface area contributed by atoms with Gasteiger partial charge in [0.25, 0.3) is 0 Å². The fourth-order valence-electron chi connectivity index (χ4n) is 1.61. The van der Waals surface area contributed by atoms with Crippen LogP contribution in [0.2, 0.25) is 0 Å². The van der Waals surface area contributed by atoms with Gasteiger partial charge in [-0.15, -0.1) is 0 Å². The van der Waals surface area contributed by atoms with Crippen LogP contribution in [0.4, 0.5) is 0 Å². The molecule has 1 aromatic carbocycles. The Morgan fingerprint density at radius 2 is 1.76 bits per heavy atom. The molecule has 0 aliphatic heterocycles. The lowest BCUT2D eigenvalue weighted by Crippen LogP contribution is -2.14. The third-order valence-corrected chi connectivity index (χ3v) is 4.19. The second kappa shape index (κ2) is 5.31. The largest absolute Gasteiger partial charge is 0.481 e. The molecule has 5 heteroatoms. The Balaban J connectivity index is 2.87. The minimum Gasteiger partial charge on any atom is -0.481 e. The van der Waals surface area contributed by atoms with Crippen LogP contribution in [0.3, 0.4) is 0 Å². The number of benzene rings is 1. The van der Waals surface area contributed by atoms with Crippen LogP contribution in [-0.4, -0.2) is 25.2 Å². The zero-order chi connectivity index (χ0) is 13.1. The average molecular weight is 256 g/mol. The standard InChI is InChI=1S/C12H16O4S/c1-9-4-3-5-10(2)11(9)8-17(15,16)7-6-12(13)14/h3-5H,6-8H2,1-2H3,(H,13,14). The highest BCUT2D eigenvalue weighted by Gasteiger charge is 2.16. The summed E-state index contributed by atoms with van der Waals surface area (Å²) in [6.07, 6.45) is -0.340. The Kier molecular flexibility index (Phi) is 4.28. The van der Waals surface area contributed by atoms with E-state index >= 15 is 0 Å². The van der Waals surface area contributed by atoms with Crippen LogP contribution in [0.1, 0.15) is 23.1 Å². The van der Waals surface area contributed by atoms with E-state index in [1.165, 1.54) is 0 Å². The van der Waals surface area contributed by atoms with E-state index in [2.05, 4.69) is 0 Å². The number of carbonyl (C=O) groups is 1. The fourth-order valence-corrected chi connectivity index (χ4v) is 3.14. The topological polar surface area (TPSA) is 71.4 Å². The van der Waals surface area contributed by atoms with Gasteiger partial charge in [-0.3, -0.25) is 4.79 Å². The minimum atomic E-state index is -3.36. The lowest BCUT2D eigenvalue weighted by Gasteiger charge is -2.09. The first-order chi connectivity index (χ1) is 7.82. The zero-order valence-corrected chi connectivity index (χ0v) is 10.8. The number of aliphatic carboxylic acids is 1. The second-order valence-electron chi connectivity index (χ2n) is 4.11. The van der Waals surface area contributed by atoms with E-state index in [-0.39, 0.29) is 17.9 Å². The van der Waals surface area contributed by atoms with Gasteiger partial charge in [0.1, 0.15) is 0 Å². The molecule has 0 atom stereocenters. The summed E-state index contributed by atoms with van der Waals surface area (Å²) in [5, 5.41) is 8.49. The highest BCUT2D eigenvalue weighted by Crippen LogP contribution is 2.17. The zero-order valence-electron chi connectivity index (χ0n) is 9.93. The van der Waals surface area contributed by atoms with Gasteiger partial charge >= 0.3 is 5.97 Å². The summed E-state index contributed by atoms with van der Waals surface area (Å²) in [5.41, 5.74) is 2.62. The molecule has 1 aromatic rings. The molecular weight excluding hydrogens is 240 g/mol. The normalized spacial score (nSPS) is 11.4. The van der Waals surface area contributed by atoms with Gasteiger partial charge in [-0.05, 0) is 30.5 Å². The molecule has 1 N–H and O–H groups in total. The summed E-state index contributed by atoms with van der Waals surface area (Å²) in [7, 11) is -3.36. The summed E-state index contributed by atoms with van der Waals surface area (Å²) >= 11 is 0. The van der Waals surface area contributed by atoms with Gasteiger partial charge in [0.05, 0.1) is 17.9 Å². The molecular formula is C12H16O4S. The van der Waals surface area contributed by atoms with Crippen molar-refractivity contribution in [2.45, 2.75) is 26.0 Å². The first kappa shape index (κ1) is 13.7. The fraction of sp³-hybridized carbons (Fsp3) is 0.417. The molecule has 0 heterocycles. The molecule has 0 radical (unpaired) electrons. The number of aryl methyl sites for hydroxylation is 2. The second-order valence-corrected chi connectivity index (χ2v) is 6.29. The van der Waals surface area contributed by atoms with Crippen LogP contribution in [0.5, 0.6) is 0 Å². The summed E-state index contributed by atoms with van der Waals surface area (Å²) in [4.78, 5) is 10.4. The van der Waals surface area contributed by atoms with Crippen molar-refractivity contribution in [1.29, 1.82) is 0 Å². The number of sulfone groups is 1. The van der Waals surface area contributed by atoms with E-state index in [4.69, 9.17) is 5.11 Å². The van der Waals surface area contributed by atoms with Gasteiger partial charge in [-0.2, -0.15) is 0 Å². The third kappa shape index (κ3) is 4.19. The maximum absolute atomic E-state index is 11.7. The Bertz CT molecular complexity index is 497. The summed E-state index contributed by atoms with van der Waals surface area (Å²) in [5.74, 6) is -1.48. The molecule has 0 bridgehead atoms. The molecule has 0 fully saturated rings. The molecule has 0 spiro atoms. The highest BCUT2D eigenvalue weighted by molar-refractivity contribution is 7.90. The Morgan fingerprint density at radius 1 is 1.24 bits per heavy atom. The van der Waals surface area contributed by atoms with Gasteiger partial charge in [0.2, 0.25) is 0 Å². The predicted octanol–water partition coefficient (Wildman–Crippen LogP) is 1.69. The molecule has 0 aliphatic rings. The van der Waals surface area contributed by atoms with Crippen molar-refractivity contribution in [3.05, 3.63) is 34.9 Å². The smallest absolute Gasteiger partial charge is 0.304 e. The van der Waals surface area contributed by atoms with Crippen molar-refractivity contribution < 1.29 is 18.3 Å². The van der Waals surface area contributed by atoms with E-state index in [9.17, 15) is 13.2 Å². The van der Waals surface area contributed by atoms with E-state index < -0.39 is 15.8 Å². The van der Waals surface area contributed by atoms with E-state index in [1.54, 1.807) is 0 Å². The maximum atomic E-state index is 11.7. The maximum Gasteiger partial charge on any atom is 0.304 e. The molecule has 94 valence electrons. The van der Waals surface area contributed by atoms with E-state index in [1.807, 2.05) is 32.0 Å². The molecule has 1 rings (SSSR count). The van der Waals surface area contributed by atoms with Crippen LogP contribution in [0.25, 0.3) is 0 Å². The minimum absolute atomic E-state index is 0.0845. The molecule has 4 nitrogen and oxygen atoms in total. The highest BCUT2D eigenvalue weighted by atomic mass is 32.2. The Morgan fingerprint density at radius 3 is 2.24 bits per heavy atom. The van der Waals surface area contributed by atoms with Crippen LogP contribution in [0, 0.1) is 13.8 Å². The summed E-state index contributed by atoms with van der Waals surface area (Å²) < 4.78 is 23.5. The number of hydrogen-bond donors (Lipinski definition) is 1. The molecule has 0 unspecified atom stereocenters. The molecule has 0 aliphatic carbocycles. The molecule has 0 amide bonds. The van der Waals surface area contributed by atoms with E-state index in [0.717, 1.165) is 16.7 Å². The van der Waals surface area contributed by atoms with Crippen molar-refractivity contribution in [2.75, 3.05) is 5.75 Å². The molecule has 0 saturated heterocycles. The van der Waals surface area contributed by atoms with Crippen molar-refractivity contribution in [2.24, 2.45) is 0 Å². The number of hydrogen-bond acceptors (Lipinski definition) is 3. The SMILES string of the molecule is Cc1cccc(C)c1CS(=O)(=O)CCC(=O)O. The first-order valence-electron chi connectivity index (χ1n) is 5.29. The van der Waals surface area contributed by atoms with Gasteiger partial charge in [0.15, 0.2) is 9.84 Å². The van der Waals surface area contributed by atoms with Crippen LogP contribution in [0.15, 0.2) is 18.2 Å².